The van der Waals surface area contributed by atoms with Gasteiger partial charge in [-0.25, -0.2) is 0 Å². The van der Waals surface area contributed by atoms with Crippen molar-refractivity contribution in [3.05, 3.63) is 81.9 Å². The summed E-state index contributed by atoms with van der Waals surface area (Å²) in [7, 11) is 0. The van der Waals surface area contributed by atoms with E-state index < -0.39 is 0 Å². The Balaban J connectivity index is 1.26. The van der Waals surface area contributed by atoms with E-state index in [0.29, 0.717) is 0 Å². The largest absolute Gasteiger partial charge is 0.134 e. The maximum absolute atomic E-state index is 2.54. The maximum atomic E-state index is 2.54. The highest BCUT2D eigenvalue weighted by atomic mass is 32.1. The van der Waals surface area contributed by atoms with Gasteiger partial charge in [0.05, 0.1) is 0 Å². The Hall–Kier alpha value is -2.50. The number of thiophene rings is 4. The lowest BCUT2D eigenvalue weighted by atomic mass is 9.91. The highest BCUT2D eigenvalue weighted by Crippen LogP contribution is 2.54. The molecule has 0 amide bonds. The van der Waals surface area contributed by atoms with E-state index in [1.807, 2.05) is 45.3 Å². The summed E-state index contributed by atoms with van der Waals surface area (Å²) < 4.78 is 5.86. The van der Waals surface area contributed by atoms with Crippen LogP contribution < -0.4 is 0 Å². The highest BCUT2D eigenvalue weighted by Gasteiger charge is 2.28. The first-order valence-corrected chi connectivity index (χ1v) is 15.9. The Morgan fingerprint density at radius 1 is 0.417 bits per heavy atom. The number of hydrogen-bond acceptors (Lipinski definition) is 4. The molecule has 0 spiro atoms. The van der Waals surface area contributed by atoms with Crippen LogP contribution in [0, 0.1) is 13.8 Å². The van der Waals surface area contributed by atoms with Crippen LogP contribution in [0.1, 0.15) is 33.4 Å². The van der Waals surface area contributed by atoms with E-state index in [1.165, 1.54) is 86.9 Å². The van der Waals surface area contributed by atoms with Crippen LogP contribution in [-0.4, -0.2) is 0 Å². The van der Waals surface area contributed by atoms with E-state index in [0.717, 1.165) is 0 Å². The van der Waals surface area contributed by atoms with E-state index in [2.05, 4.69) is 62.4 Å². The summed E-state index contributed by atoms with van der Waals surface area (Å²) in [5.41, 5.74) is 9.08. The lowest BCUT2D eigenvalue weighted by Gasteiger charge is -2.13. The second kappa shape index (κ2) is 7.08. The van der Waals surface area contributed by atoms with Crippen molar-refractivity contribution in [3.63, 3.8) is 0 Å². The Labute approximate surface area is 225 Å². The molecule has 0 bridgehead atoms. The summed E-state index contributed by atoms with van der Waals surface area (Å²) in [6.07, 6.45) is 4.67. The second-order valence-electron chi connectivity index (χ2n) is 10.5. The van der Waals surface area contributed by atoms with E-state index in [9.17, 15) is 0 Å². The lowest BCUT2D eigenvalue weighted by Crippen LogP contribution is -1.99. The highest BCUT2D eigenvalue weighted by molar-refractivity contribution is 7.30. The minimum absolute atomic E-state index is 1.17. The maximum Gasteiger partial charge on any atom is 0.0490 e. The molecule has 36 heavy (non-hydrogen) atoms. The van der Waals surface area contributed by atoms with Crippen LogP contribution in [0.4, 0.5) is 0 Å². The zero-order valence-corrected chi connectivity index (χ0v) is 23.3. The van der Waals surface area contributed by atoms with E-state index in [1.54, 1.807) is 32.0 Å². The fourth-order valence-corrected chi connectivity index (χ4v) is 12.1. The molecule has 3 aromatic carbocycles. The van der Waals surface area contributed by atoms with Crippen molar-refractivity contribution in [3.8, 4) is 19.5 Å². The molecule has 0 radical (unpaired) electrons. The molecule has 4 heteroatoms. The molecule has 0 unspecified atom stereocenters. The molecule has 174 valence electrons. The molecule has 0 saturated heterocycles. The predicted octanol–water partition coefficient (Wildman–Crippen LogP) is 10.7. The minimum Gasteiger partial charge on any atom is -0.134 e. The fraction of sp³-hybridized carbons (Fsp3) is 0.188. The average Bonchev–Trinajstić information content (AvgIpc) is 3.61. The molecule has 2 aliphatic carbocycles. The third kappa shape index (κ3) is 2.63. The van der Waals surface area contributed by atoms with Gasteiger partial charge in [-0.1, -0.05) is 24.3 Å². The molecule has 0 nitrogen and oxygen atoms in total. The van der Waals surface area contributed by atoms with E-state index in [4.69, 9.17) is 0 Å². The van der Waals surface area contributed by atoms with Gasteiger partial charge in [0, 0.05) is 38.3 Å². The van der Waals surface area contributed by atoms with Crippen LogP contribution >= 0.6 is 45.3 Å². The molecular weight excluding hydrogens is 513 g/mol. The summed E-state index contributed by atoms with van der Waals surface area (Å²) >= 11 is 8.10. The fourth-order valence-electron chi connectivity index (χ4n) is 6.53. The normalized spacial score (nSPS) is 14.5. The van der Waals surface area contributed by atoms with Crippen molar-refractivity contribution in [1.29, 1.82) is 0 Å². The van der Waals surface area contributed by atoms with Gasteiger partial charge in [-0.2, -0.15) is 0 Å². The molecule has 2 aliphatic rings. The standard InChI is InChI=1S/C32H22S4/c1-15-3-5-17-19-7-9-21-23-13-28-24(14-27(23)35-31(21)29(19)33-25(17)11-15)22-10-8-20-18-6-4-16(2)12-26(18)34-30(20)32(22)36-28/h3-6,11-14H,7-10H2,1-2H3. The summed E-state index contributed by atoms with van der Waals surface area (Å²) in [6, 6.07) is 19.1. The third-order valence-electron chi connectivity index (χ3n) is 8.26. The van der Waals surface area contributed by atoms with E-state index in [-0.39, 0.29) is 0 Å². The van der Waals surface area contributed by atoms with Gasteiger partial charge in [0.15, 0.2) is 0 Å². The molecule has 7 aromatic rings. The van der Waals surface area contributed by atoms with Crippen molar-refractivity contribution < 1.29 is 0 Å². The van der Waals surface area contributed by atoms with Crippen LogP contribution in [0.15, 0.2) is 48.5 Å². The molecule has 0 atom stereocenters. The van der Waals surface area contributed by atoms with Crippen LogP contribution in [-0.2, 0) is 25.7 Å². The SMILES string of the molecule is Cc1ccc2c3c(sc2c1)-c1sc2cc4c5c(sc4cc2c1CC3)-c1sc2cc(C)ccc2c1CC5. The number of aryl methyl sites for hydroxylation is 6. The number of rotatable bonds is 0. The zero-order chi connectivity index (χ0) is 23.7. The summed E-state index contributed by atoms with van der Waals surface area (Å²) in [5, 5.41) is 5.97. The van der Waals surface area contributed by atoms with Gasteiger partial charge in [-0.3, -0.25) is 0 Å². The molecule has 9 rings (SSSR count). The molecule has 0 saturated carbocycles. The monoisotopic (exact) mass is 534 g/mol. The minimum atomic E-state index is 1.17. The Morgan fingerprint density at radius 2 is 0.750 bits per heavy atom. The summed E-state index contributed by atoms with van der Waals surface area (Å²) in [4.78, 5) is 6.15. The van der Waals surface area contributed by atoms with Gasteiger partial charge in [-0.15, -0.1) is 45.3 Å². The van der Waals surface area contributed by atoms with Gasteiger partial charge in [0.2, 0.25) is 0 Å². The van der Waals surface area contributed by atoms with E-state index >= 15 is 0 Å². The quantitative estimate of drug-likeness (QED) is 0.181. The first-order chi connectivity index (χ1) is 17.6. The van der Waals surface area contributed by atoms with Crippen molar-refractivity contribution in [2.24, 2.45) is 0 Å². The van der Waals surface area contributed by atoms with Gasteiger partial charge < -0.3 is 0 Å². The smallest absolute Gasteiger partial charge is 0.0490 e. The Kier molecular flexibility index (Phi) is 4.04. The Morgan fingerprint density at radius 3 is 1.14 bits per heavy atom. The van der Waals surface area contributed by atoms with Crippen LogP contribution in [0.25, 0.3) is 59.9 Å². The van der Waals surface area contributed by atoms with Gasteiger partial charge >= 0.3 is 0 Å². The van der Waals surface area contributed by atoms with Crippen molar-refractivity contribution in [1.82, 2.24) is 0 Å². The molecule has 4 heterocycles. The lowest BCUT2D eigenvalue weighted by molar-refractivity contribution is 0.973. The summed E-state index contributed by atoms with van der Waals surface area (Å²) in [6.45, 7) is 4.42. The third-order valence-corrected chi connectivity index (χ3v) is 13.4. The first kappa shape index (κ1) is 20.5. The number of fused-ring (bicyclic) bond motifs is 14. The molecule has 0 N–H and O–H groups in total. The molecule has 4 aromatic heterocycles. The second-order valence-corrected chi connectivity index (χ2v) is 14.7. The van der Waals surface area contributed by atoms with Crippen molar-refractivity contribution >= 4 is 85.7 Å². The zero-order valence-electron chi connectivity index (χ0n) is 20.1. The first-order valence-electron chi connectivity index (χ1n) is 12.7. The number of hydrogen-bond donors (Lipinski definition) is 0. The van der Waals surface area contributed by atoms with Crippen molar-refractivity contribution in [2.75, 3.05) is 0 Å². The van der Waals surface area contributed by atoms with Gasteiger partial charge in [0.25, 0.3) is 0 Å². The topological polar surface area (TPSA) is 0 Å². The Bertz CT molecular complexity index is 1920. The van der Waals surface area contributed by atoms with Gasteiger partial charge in [0.1, 0.15) is 0 Å². The molecule has 0 aliphatic heterocycles. The van der Waals surface area contributed by atoms with Crippen LogP contribution in [0.3, 0.4) is 0 Å². The van der Waals surface area contributed by atoms with Crippen LogP contribution in [0.2, 0.25) is 0 Å². The predicted molar refractivity (Wildman–Crippen MR) is 163 cm³/mol. The number of benzene rings is 3. The van der Waals surface area contributed by atoms with Crippen LogP contribution in [0.5, 0.6) is 0 Å². The van der Waals surface area contributed by atoms with Gasteiger partial charge in [-0.05, 0) is 119 Å². The van der Waals surface area contributed by atoms with Crippen molar-refractivity contribution in [2.45, 2.75) is 39.5 Å². The summed E-state index contributed by atoms with van der Waals surface area (Å²) in [5.74, 6) is 0. The molecule has 0 fully saturated rings. The average molecular weight is 535 g/mol. The molecular formula is C32H22S4.